The van der Waals surface area contributed by atoms with Gasteiger partial charge in [0.2, 0.25) is 0 Å². The lowest BCUT2D eigenvalue weighted by Gasteiger charge is -2.22. The monoisotopic (exact) mass is 279 g/mol. The fraction of sp³-hybridized carbons (Fsp3) is 0.533. The van der Waals surface area contributed by atoms with E-state index in [1.54, 1.807) is 14.2 Å². The van der Waals surface area contributed by atoms with Crippen molar-refractivity contribution in [1.29, 1.82) is 5.41 Å². The van der Waals surface area contributed by atoms with Crippen molar-refractivity contribution in [2.45, 2.75) is 13.5 Å². The molecule has 0 saturated carbocycles. The molecule has 0 radical (unpaired) electrons. The lowest BCUT2D eigenvalue weighted by molar-refractivity contribution is 0.110. The highest BCUT2D eigenvalue weighted by atomic mass is 16.5. The molecule has 1 aromatic rings. The number of nitrogen functional groups attached to an aromatic ring is 1. The fourth-order valence-corrected chi connectivity index (χ4v) is 1.99. The van der Waals surface area contributed by atoms with Crippen LogP contribution < -0.4 is 5.73 Å². The van der Waals surface area contributed by atoms with Gasteiger partial charge < -0.3 is 15.2 Å². The highest BCUT2D eigenvalue weighted by Gasteiger charge is 2.09. The van der Waals surface area contributed by atoms with Gasteiger partial charge in [-0.1, -0.05) is 12.1 Å². The summed E-state index contributed by atoms with van der Waals surface area (Å²) in [7, 11) is 3.42. The number of rotatable bonds is 9. The third-order valence-corrected chi connectivity index (χ3v) is 3.27. The maximum Gasteiger partial charge on any atom is 0.122 e. The Labute approximate surface area is 121 Å². The van der Waals surface area contributed by atoms with E-state index >= 15 is 0 Å². The molecule has 0 bridgehead atoms. The molecule has 0 saturated heterocycles. The molecular weight excluding hydrogens is 254 g/mol. The minimum absolute atomic E-state index is 0.107. The van der Waals surface area contributed by atoms with Gasteiger partial charge in [-0.3, -0.25) is 10.3 Å². The minimum Gasteiger partial charge on any atom is -0.384 e. The van der Waals surface area contributed by atoms with Crippen molar-refractivity contribution in [1.82, 2.24) is 4.90 Å². The Kier molecular flexibility index (Phi) is 7.22. The zero-order valence-corrected chi connectivity index (χ0v) is 12.6. The normalized spacial score (nSPS) is 11.0. The van der Waals surface area contributed by atoms with E-state index in [-0.39, 0.29) is 5.84 Å². The lowest BCUT2D eigenvalue weighted by atomic mass is 10.0. The number of methoxy groups -OCH3 is 2. The molecule has 0 heterocycles. The van der Waals surface area contributed by atoms with Gasteiger partial charge in [-0.2, -0.15) is 0 Å². The smallest absolute Gasteiger partial charge is 0.122 e. The topological polar surface area (TPSA) is 71.6 Å². The van der Waals surface area contributed by atoms with E-state index in [1.165, 1.54) is 5.56 Å². The molecule has 1 rings (SSSR count). The molecule has 0 aliphatic heterocycles. The van der Waals surface area contributed by atoms with Gasteiger partial charge >= 0.3 is 0 Å². The van der Waals surface area contributed by atoms with E-state index in [0.29, 0.717) is 13.2 Å². The predicted octanol–water partition coefficient (Wildman–Crippen LogP) is 1.37. The van der Waals surface area contributed by atoms with Crippen LogP contribution in [0.15, 0.2) is 18.2 Å². The van der Waals surface area contributed by atoms with Gasteiger partial charge in [0, 0.05) is 39.4 Å². The molecule has 0 aromatic heterocycles. The van der Waals surface area contributed by atoms with Crippen LogP contribution in [0.2, 0.25) is 0 Å². The third kappa shape index (κ3) is 5.28. The Morgan fingerprint density at radius 3 is 2.25 bits per heavy atom. The van der Waals surface area contributed by atoms with Crippen LogP contribution in [0.1, 0.15) is 16.7 Å². The molecule has 0 spiro atoms. The Bertz CT molecular complexity index is 427. The second-order valence-corrected chi connectivity index (χ2v) is 4.82. The quantitative estimate of drug-likeness (QED) is 0.529. The number of nitrogens with two attached hydrogens (primary N) is 1. The molecule has 0 amide bonds. The Balaban J connectivity index is 2.73. The van der Waals surface area contributed by atoms with Crippen LogP contribution in [0.25, 0.3) is 0 Å². The number of hydrogen-bond acceptors (Lipinski definition) is 4. The van der Waals surface area contributed by atoms with E-state index in [4.69, 9.17) is 20.6 Å². The number of benzene rings is 1. The van der Waals surface area contributed by atoms with Crippen molar-refractivity contribution < 1.29 is 9.47 Å². The second kappa shape index (κ2) is 8.68. The molecule has 5 heteroatoms. The van der Waals surface area contributed by atoms with E-state index in [0.717, 1.165) is 30.8 Å². The van der Waals surface area contributed by atoms with Gasteiger partial charge in [0.1, 0.15) is 5.84 Å². The molecule has 20 heavy (non-hydrogen) atoms. The van der Waals surface area contributed by atoms with Gasteiger partial charge in [0.05, 0.1) is 13.2 Å². The molecule has 112 valence electrons. The van der Waals surface area contributed by atoms with E-state index in [1.807, 2.05) is 25.1 Å². The van der Waals surface area contributed by atoms with Crippen molar-refractivity contribution >= 4 is 5.84 Å². The van der Waals surface area contributed by atoms with E-state index < -0.39 is 0 Å². The summed E-state index contributed by atoms with van der Waals surface area (Å²) in [6.45, 7) is 6.04. The molecule has 0 aliphatic carbocycles. The first-order valence-electron chi connectivity index (χ1n) is 6.72. The largest absolute Gasteiger partial charge is 0.384 e. The Hall–Kier alpha value is -1.43. The first kappa shape index (κ1) is 16.6. The number of nitrogens with one attached hydrogen (secondary N) is 1. The minimum atomic E-state index is 0.107. The molecular formula is C15H25N3O2. The zero-order chi connectivity index (χ0) is 15.0. The van der Waals surface area contributed by atoms with Crippen LogP contribution in [0.4, 0.5) is 0 Å². The predicted molar refractivity (Wildman–Crippen MR) is 81.2 cm³/mol. The molecule has 3 N–H and O–H groups in total. The van der Waals surface area contributed by atoms with Crippen molar-refractivity contribution in [3.05, 3.63) is 34.9 Å². The van der Waals surface area contributed by atoms with Crippen LogP contribution in [-0.4, -0.2) is 51.3 Å². The van der Waals surface area contributed by atoms with Crippen LogP contribution in [0.5, 0.6) is 0 Å². The van der Waals surface area contributed by atoms with Crippen LogP contribution in [-0.2, 0) is 16.0 Å². The first-order chi connectivity index (χ1) is 9.58. The third-order valence-electron chi connectivity index (χ3n) is 3.27. The maximum absolute atomic E-state index is 7.46. The second-order valence-electron chi connectivity index (χ2n) is 4.82. The summed E-state index contributed by atoms with van der Waals surface area (Å²) in [5.41, 5.74) is 8.66. The molecule has 1 aromatic carbocycles. The average molecular weight is 279 g/mol. The molecule has 0 fully saturated rings. The number of nitrogens with zero attached hydrogens (tertiary/aromatic N) is 1. The Morgan fingerprint density at radius 2 is 1.80 bits per heavy atom. The summed E-state index contributed by atoms with van der Waals surface area (Å²) in [5, 5.41) is 7.46. The Morgan fingerprint density at radius 1 is 1.20 bits per heavy atom. The van der Waals surface area contributed by atoms with Crippen molar-refractivity contribution in [3.63, 3.8) is 0 Å². The summed E-state index contributed by atoms with van der Waals surface area (Å²) >= 11 is 0. The van der Waals surface area contributed by atoms with Gasteiger partial charge in [-0.25, -0.2) is 0 Å². The maximum atomic E-state index is 7.46. The van der Waals surface area contributed by atoms with Crippen molar-refractivity contribution in [3.8, 4) is 0 Å². The SMILES string of the molecule is COCCN(CCOC)Cc1ccc(C(=N)N)cc1C. The van der Waals surface area contributed by atoms with Gasteiger partial charge in [-0.15, -0.1) is 0 Å². The highest BCUT2D eigenvalue weighted by molar-refractivity contribution is 5.95. The van der Waals surface area contributed by atoms with Crippen LogP contribution >= 0.6 is 0 Å². The highest BCUT2D eigenvalue weighted by Crippen LogP contribution is 2.13. The standard InChI is InChI=1S/C15H25N3O2/c1-12-10-13(15(16)17)4-5-14(12)11-18(6-8-19-2)7-9-20-3/h4-5,10H,6-9,11H2,1-3H3,(H3,16,17). The van der Waals surface area contributed by atoms with Crippen LogP contribution in [0.3, 0.4) is 0 Å². The summed E-state index contributed by atoms with van der Waals surface area (Å²) < 4.78 is 10.3. The number of amidine groups is 1. The van der Waals surface area contributed by atoms with E-state index in [9.17, 15) is 0 Å². The number of ether oxygens (including phenoxy) is 2. The molecule has 5 nitrogen and oxygen atoms in total. The molecule has 0 unspecified atom stereocenters. The summed E-state index contributed by atoms with van der Waals surface area (Å²) in [6.07, 6.45) is 0. The van der Waals surface area contributed by atoms with Gasteiger partial charge in [0.25, 0.3) is 0 Å². The summed E-state index contributed by atoms with van der Waals surface area (Å²) in [5.74, 6) is 0.107. The summed E-state index contributed by atoms with van der Waals surface area (Å²) in [6, 6.07) is 5.90. The summed E-state index contributed by atoms with van der Waals surface area (Å²) in [4.78, 5) is 2.29. The van der Waals surface area contributed by atoms with Gasteiger partial charge in [0.15, 0.2) is 0 Å². The average Bonchev–Trinajstić information content (AvgIpc) is 2.43. The fourth-order valence-electron chi connectivity index (χ4n) is 1.99. The van der Waals surface area contributed by atoms with E-state index in [2.05, 4.69) is 4.90 Å². The molecule has 0 atom stereocenters. The van der Waals surface area contributed by atoms with Crippen molar-refractivity contribution in [2.24, 2.45) is 5.73 Å². The van der Waals surface area contributed by atoms with Crippen molar-refractivity contribution in [2.75, 3.05) is 40.5 Å². The number of hydrogen-bond donors (Lipinski definition) is 2. The van der Waals surface area contributed by atoms with Crippen LogP contribution in [0, 0.1) is 12.3 Å². The van der Waals surface area contributed by atoms with Gasteiger partial charge in [-0.05, 0) is 24.1 Å². The lowest BCUT2D eigenvalue weighted by Crippen LogP contribution is -2.30. The first-order valence-corrected chi connectivity index (χ1v) is 6.72. The zero-order valence-electron chi connectivity index (χ0n) is 12.6. The number of aryl methyl sites for hydroxylation is 1. The molecule has 0 aliphatic rings.